The molecule has 1 unspecified atom stereocenters. The number of hydrogen-bond acceptors (Lipinski definition) is 0. The van der Waals surface area contributed by atoms with Gasteiger partial charge in [0.05, 0.1) is 0 Å². The predicted molar refractivity (Wildman–Crippen MR) is 215 cm³/mol. The molecule has 0 nitrogen and oxygen atoms in total. The van der Waals surface area contributed by atoms with Crippen molar-refractivity contribution in [2.75, 3.05) is 0 Å². The molecule has 0 aromatic rings. The lowest BCUT2D eigenvalue weighted by molar-refractivity contribution is 0.344. The van der Waals surface area contributed by atoms with Gasteiger partial charge in [-0.15, -0.1) is 0 Å². The topological polar surface area (TPSA) is 0 Å². The maximum atomic E-state index is 2.34. The van der Waals surface area contributed by atoms with Crippen molar-refractivity contribution < 1.29 is 0 Å². The van der Waals surface area contributed by atoms with Crippen LogP contribution in [0.3, 0.4) is 0 Å². The van der Waals surface area contributed by atoms with Crippen LogP contribution < -0.4 is 0 Å². The molecule has 0 radical (unpaired) electrons. The number of rotatable bonds is 13. The first-order chi connectivity index (χ1) is 19.7. The largest absolute Gasteiger partial charge is 0.0628 e. The summed E-state index contributed by atoms with van der Waals surface area (Å²) in [6.07, 6.45) is 8.18. The van der Waals surface area contributed by atoms with Crippen molar-refractivity contribution in [2.24, 2.45) is 76.9 Å². The predicted octanol–water partition coefficient (Wildman–Crippen LogP) is 16.8. The Hall–Kier alpha value is 0. The van der Waals surface area contributed by atoms with Gasteiger partial charge in [0.2, 0.25) is 0 Å². The molecule has 0 saturated heterocycles. The van der Waals surface area contributed by atoms with Gasteiger partial charge in [-0.05, 0) is 115 Å². The van der Waals surface area contributed by atoms with E-state index in [1.54, 1.807) is 0 Å². The van der Waals surface area contributed by atoms with Gasteiger partial charge in [0, 0.05) is 0 Å². The second-order valence-corrected chi connectivity index (χ2v) is 19.0. The van der Waals surface area contributed by atoms with E-state index in [2.05, 4.69) is 173 Å². The van der Waals surface area contributed by atoms with Crippen LogP contribution in [-0.4, -0.2) is 0 Å². The maximum Gasteiger partial charge on any atom is -0.0417 e. The third kappa shape index (κ3) is 90.1. The summed E-state index contributed by atoms with van der Waals surface area (Å²) in [6, 6.07) is 0. The Morgan fingerprint density at radius 3 is 0.318 bits per heavy atom. The second-order valence-electron chi connectivity index (χ2n) is 19.0. The molecule has 0 fully saturated rings. The minimum absolute atomic E-state index is 0.854. The highest BCUT2D eigenvalue weighted by Gasteiger charge is 2.08. The van der Waals surface area contributed by atoms with Crippen molar-refractivity contribution in [2.45, 2.75) is 212 Å². The van der Waals surface area contributed by atoms with Gasteiger partial charge in [0.15, 0.2) is 0 Å². The van der Waals surface area contributed by atoms with E-state index >= 15 is 0 Å². The first kappa shape index (κ1) is 56.3. The molecule has 0 heterocycles. The molecule has 0 rings (SSSR count). The van der Waals surface area contributed by atoms with Gasteiger partial charge >= 0.3 is 0 Å². The van der Waals surface area contributed by atoms with Crippen molar-refractivity contribution in [3.63, 3.8) is 0 Å². The molecule has 0 aliphatic carbocycles. The van der Waals surface area contributed by atoms with Gasteiger partial charge in [-0.25, -0.2) is 0 Å². The zero-order chi connectivity index (χ0) is 36.7. The molecule has 0 heteroatoms. The normalized spacial score (nSPS) is 11.9. The molecular weight excluding hydrogens is 528 g/mol. The molecule has 1 atom stereocenters. The van der Waals surface area contributed by atoms with Crippen molar-refractivity contribution in [1.29, 1.82) is 0 Å². The molecule has 44 heavy (non-hydrogen) atoms. The average Bonchev–Trinajstić information content (AvgIpc) is 2.70. The summed E-state index contributed by atoms with van der Waals surface area (Å²) < 4.78 is 0. The van der Waals surface area contributed by atoms with E-state index in [9.17, 15) is 0 Å². The van der Waals surface area contributed by atoms with E-state index in [1.807, 2.05) is 0 Å². The Kier molecular flexibility index (Phi) is 48.0. The summed E-state index contributed by atoms with van der Waals surface area (Å²) in [5.41, 5.74) is 0. The van der Waals surface area contributed by atoms with Crippen LogP contribution in [0, 0.1) is 76.9 Å². The van der Waals surface area contributed by atoms with Crippen molar-refractivity contribution in [3.8, 4) is 0 Å². The Morgan fingerprint density at radius 1 is 0.182 bits per heavy atom. The van der Waals surface area contributed by atoms with Gasteiger partial charge in [0.25, 0.3) is 0 Å². The van der Waals surface area contributed by atoms with Crippen LogP contribution in [0.1, 0.15) is 212 Å². The number of hydrogen-bond donors (Lipinski definition) is 0. The maximum absolute atomic E-state index is 2.34. The summed E-state index contributed by atoms with van der Waals surface area (Å²) in [5, 5.41) is 0. The van der Waals surface area contributed by atoms with Gasteiger partial charge in [-0.3, -0.25) is 0 Å². The summed E-state index contributed by atoms with van der Waals surface area (Å²) >= 11 is 0. The Balaban J connectivity index is -0.0000000987. The van der Waals surface area contributed by atoms with Gasteiger partial charge in [-0.1, -0.05) is 173 Å². The fraction of sp³-hybridized carbons (Fsp3) is 1.00. The third-order valence-electron chi connectivity index (χ3n) is 6.70. The lowest BCUT2D eigenvalue weighted by Gasteiger charge is -2.16. The second kappa shape index (κ2) is 37.5. The van der Waals surface area contributed by atoms with Crippen LogP contribution in [0.25, 0.3) is 0 Å². The average molecular weight is 629 g/mol. The van der Waals surface area contributed by atoms with Crippen molar-refractivity contribution in [3.05, 3.63) is 0 Å². The SMILES string of the molecule is CC(C)CC(C)C.CC(C)CC(C)C.CC(C)CC(C)C.CC(C)CC(C)C.CC(C)CC(C)C.CC(C)CC(C)C(C)C. The van der Waals surface area contributed by atoms with Crippen LogP contribution in [-0.2, 0) is 0 Å². The molecule has 0 N–H and O–H groups in total. The van der Waals surface area contributed by atoms with Crippen LogP contribution in [0.15, 0.2) is 0 Å². The van der Waals surface area contributed by atoms with Gasteiger partial charge in [-0.2, -0.15) is 0 Å². The fourth-order valence-electron chi connectivity index (χ4n) is 5.73. The van der Waals surface area contributed by atoms with E-state index in [4.69, 9.17) is 0 Å². The summed E-state index contributed by atoms with van der Waals surface area (Å²) in [5.74, 6) is 11.4. The molecule has 276 valence electrons. The first-order valence-electron chi connectivity index (χ1n) is 19.7. The Morgan fingerprint density at radius 2 is 0.295 bits per heavy atom. The molecule has 0 aliphatic heterocycles. The van der Waals surface area contributed by atoms with Gasteiger partial charge < -0.3 is 0 Å². The summed E-state index contributed by atoms with van der Waals surface area (Å²) in [4.78, 5) is 0. The highest BCUT2D eigenvalue weighted by atomic mass is 14.1. The standard InChI is InChI=1S/C9H20.5C7H16/c1-7(2)6-9(5)8(3)4;5*1-6(2)5-7(3)4/h7-9H,6H2,1-5H3;5*6-7H,5H2,1-4H3. The van der Waals surface area contributed by atoms with E-state index < -0.39 is 0 Å². The lowest BCUT2D eigenvalue weighted by Crippen LogP contribution is -2.06. The smallest absolute Gasteiger partial charge is 0.0417 e. The third-order valence-corrected chi connectivity index (χ3v) is 6.70. The van der Waals surface area contributed by atoms with Crippen molar-refractivity contribution in [1.82, 2.24) is 0 Å². The van der Waals surface area contributed by atoms with Crippen LogP contribution in [0.2, 0.25) is 0 Å². The van der Waals surface area contributed by atoms with Gasteiger partial charge in [0.1, 0.15) is 0 Å². The zero-order valence-corrected chi connectivity index (χ0v) is 36.7. The van der Waals surface area contributed by atoms with Crippen LogP contribution in [0.5, 0.6) is 0 Å². The fourth-order valence-corrected chi connectivity index (χ4v) is 5.73. The van der Waals surface area contributed by atoms with E-state index in [0.29, 0.717) is 0 Å². The summed E-state index contributed by atoms with van der Waals surface area (Å²) in [7, 11) is 0. The van der Waals surface area contributed by atoms with E-state index in [1.165, 1.54) is 38.5 Å². The molecule has 0 aromatic heterocycles. The molecule has 0 aromatic carbocycles. The zero-order valence-electron chi connectivity index (χ0n) is 36.7. The molecule has 0 bridgehead atoms. The first-order valence-corrected chi connectivity index (χ1v) is 19.7. The monoisotopic (exact) mass is 629 g/mol. The van der Waals surface area contributed by atoms with Crippen LogP contribution >= 0.6 is 0 Å². The Bertz CT molecular complexity index is 359. The van der Waals surface area contributed by atoms with Crippen molar-refractivity contribution >= 4 is 0 Å². The highest BCUT2D eigenvalue weighted by Crippen LogP contribution is 2.18. The van der Waals surface area contributed by atoms with E-state index in [-0.39, 0.29) is 0 Å². The molecule has 0 spiro atoms. The lowest BCUT2D eigenvalue weighted by atomic mass is 9.90. The summed E-state index contributed by atoms with van der Waals surface area (Å²) in [6.45, 7) is 56.8. The molecule has 0 saturated carbocycles. The molecule has 0 aliphatic rings. The minimum Gasteiger partial charge on any atom is -0.0628 e. The molecular formula is C44H100. The Labute approximate surface area is 287 Å². The minimum atomic E-state index is 0.854. The van der Waals surface area contributed by atoms with E-state index in [0.717, 1.165) is 76.9 Å². The van der Waals surface area contributed by atoms with Crippen LogP contribution in [0.4, 0.5) is 0 Å². The quantitative estimate of drug-likeness (QED) is 0.190. The highest BCUT2D eigenvalue weighted by molar-refractivity contribution is 4.58. The molecule has 0 amide bonds.